The monoisotopic (exact) mass is 462 g/mol. The molecule has 1 N–H and O–H groups in total. The normalized spacial score (nSPS) is 15.4. The summed E-state index contributed by atoms with van der Waals surface area (Å²) >= 11 is 7.49. The highest BCUT2D eigenvalue weighted by Gasteiger charge is 2.33. The summed E-state index contributed by atoms with van der Waals surface area (Å²) in [5.41, 5.74) is 0.763. The Kier molecular flexibility index (Phi) is 9.37. The molecule has 1 aliphatic carbocycles. The predicted octanol–water partition coefficient (Wildman–Crippen LogP) is 5.46. The van der Waals surface area contributed by atoms with E-state index in [2.05, 4.69) is 5.32 Å². The van der Waals surface area contributed by atoms with Crippen LogP contribution in [0.3, 0.4) is 0 Å². The third kappa shape index (κ3) is 6.79. The van der Waals surface area contributed by atoms with Crippen molar-refractivity contribution in [2.24, 2.45) is 0 Å². The Morgan fingerprint density at radius 1 is 1.19 bits per heavy atom. The second kappa shape index (κ2) is 12.2. The van der Waals surface area contributed by atoms with Gasteiger partial charge >= 0.3 is 0 Å². The molecular formula is C24H31ClN2O3S. The van der Waals surface area contributed by atoms with E-state index in [1.165, 1.54) is 17.8 Å². The zero-order valence-electron chi connectivity index (χ0n) is 18.0. The van der Waals surface area contributed by atoms with E-state index in [1.807, 2.05) is 30.5 Å². The molecule has 31 heavy (non-hydrogen) atoms. The Hall–Kier alpha value is -1.89. The van der Waals surface area contributed by atoms with Crippen molar-refractivity contribution < 1.29 is 14.3 Å². The molecule has 1 heterocycles. The Bertz CT molecular complexity index is 820. The lowest BCUT2D eigenvalue weighted by molar-refractivity contribution is -0.127. The summed E-state index contributed by atoms with van der Waals surface area (Å²) in [5, 5.41) is 5.70. The van der Waals surface area contributed by atoms with E-state index < -0.39 is 6.04 Å². The van der Waals surface area contributed by atoms with Crippen LogP contribution in [0.5, 0.6) is 0 Å². The molecular weight excluding hydrogens is 432 g/mol. The van der Waals surface area contributed by atoms with E-state index >= 15 is 0 Å². The average Bonchev–Trinajstić information content (AvgIpc) is 3.32. The topological polar surface area (TPSA) is 58.6 Å². The first-order valence-electron chi connectivity index (χ1n) is 11.1. The van der Waals surface area contributed by atoms with Crippen molar-refractivity contribution in [2.45, 2.75) is 57.5 Å². The number of hydrogen-bond donors (Lipinski definition) is 1. The van der Waals surface area contributed by atoms with Crippen molar-refractivity contribution in [3.63, 3.8) is 0 Å². The number of carbonyl (C=O) groups excluding carboxylic acids is 2. The Labute approximate surface area is 193 Å². The fraction of sp³-hybridized carbons (Fsp3) is 0.500. The van der Waals surface area contributed by atoms with Gasteiger partial charge in [0.15, 0.2) is 0 Å². The SMILES string of the molecule is CCOCCCN(C(=O)c1cccs1)C(C(=O)NC1CCCCC1)c1ccc(Cl)cc1. The summed E-state index contributed by atoms with van der Waals surface area (Å²) < 4.78 is 5.48. The summed E-state index contributed by atoms with van der Waals surface area (Å²) in [4.78, 5) is 29.3. The Balaban J connectivity index is 1.89. The first kappa shape index (κ1) is 23.8. The maximum absolute atomic E-state index is 13.5. The molecule has 0 spiro atoms. The first-order chi connectivity index (χ1) is 15.1. The van der Waals surface area contributed by atoms with Gasteiger partial charge in [0.05, 0.1) is 4.88 Å². The van der Waals surface area contributed by atoms with Crippen LogP contribution in [-0.2, 0) is 9.53 Å². The molecule has 2 aromatic rings. The molecule has 0 radical (unpaired) electrons. The van der Waals surface area contributed by atoms with Crippen LogP contribution in [0.25, 0.3) is 0 Å². The lowest BCUT2D eigenvalue weighted by Crippen LogP contribution is -2.47. The maximum atomic E-state index is 13.5. The second-order valence-electron chi connectivity index (χ2n) is 7.82. The van der Waals surface area contributed by atoms with Crippen LogP contribution in [0.2, 0.25) is 5.02 Å². The quantitative estimate of drug-likeness (QED) is 0.477. The number of benzene rings is 1. The molecule has 0 aliphatic heterocycles. The molecule has 1 saturated carbocycles. The molecule has 1 aromatic heterocycles. The minimum Gasteiger partial charge on any atom is -0.382 e. The van der Waals surface area contributed by atoms with Crippen molar-refractivity contribution >= 4 is 34.8 Å². The minimum absolute atomic E-state index is 0.129. The molecule has 7 heteroatoms. The summed E-state index contributed by atoms with van der Waals surface area (Å²) in [7, 11) is 0. The number of thiophene rings is 1. The van der Waals surface area contributed by atoms with Gasteiger partial charge < -0.3 is 15.0 Å². The van der Waals surface area contributed by atoms with E-state index in [9.17, 15) is 9.59 Å². The van der Waals surface area contributed by atoms with Crippen LogP contribution in [0.1, 0.15) is 66.7 Å². The van der Waals surface area contributed by atoms with Crippen molar-refractivity contribution in [1.82, 2.24) is 10.2 Å². The third-order valence-electron chi connectivity index (χ3n) is 5.58. The predicted molar refractivity (Wildman–Crippen MR) is 126 cm³/mol. The molecule has 3 rings (SSSR count). The molecule has 168 valence electrons. The number of nitrogens with zero attached hydrogens (tertiary/aromatic N) is 1. The number of rotatable bonds is 10. The third-order valence-corrected chi connectivity index (χ3v) is 6.69. The van der Waals surface area contributed by atoms with Gasteiger partial charge in [-0.15, -0.1) is 11.3 Å². The molecule has 1 aromatic carbocycles. The first-order valence-corrected chi connectivity index (χ1v) is 12.3. The van der Waals surface area contributed by atoms with Crippen LogP contribution in [0.4, 0.5) is 0 Å². The lowest BCUT2D eigenvalue weighted by Gasteiger charge is -2.33. The van der Waals surface area contributed by atoms with Gasteiger partial charge in [0.1, 0.15) is 6.04 Å². The fourth-order valence-electron chi connectivity index (χ4n) is 4.02. The molecule has 1 aliphatic rings. The number of ether oxygens (including phenoxy) is 1. The van der Waals surface area contributed by atoms with Crippen molar-refractivity contribution in [3.8, 4) is 0 Å². The summed E-state index contributed by atoms with van der Waals surface area (Å²) in [6, 6.07) is 10.3. The summed E-state index contributed by atoms with van der Waals surface area (Å²) in [5.74, 6) is -0.263. The smallest absolute Gasteiger partial charge is 0.264 e. The molecule has 1 atom stereocenters. The van der Waals surface area contributed by atoms with Gasteiger partial charge in [0.2, 0.25) is 5.91 Å². The Morgan fingerprint density at radius 2 is 1.94 bits per heavy atom. The van der Waals surface area contributed by atoms with E-state index in [0.29, 0.717) is 36.1 Å². The van der Waals surface area contributed by atoms with Gasteiger partial charge in [-0.2, -0.15) is 0 Å². The van der Waals surface area contributed by atoms with Gasteiger partial charge in [-0.3, -0.25) is 9.59 Å². The Morgan fingerprint density at radius 3 is 2.58 bits per heavy atom. The van der Waals surface area contributed by atoms with Gasteiger partial charge in [-0.25, -0.2) is 0 Å². The number of halogens is 1. The summed E-state index contributed by atoms with van der Waals surface area (Å²) in [6.45, 7) is 3.55. The van der Waals surface area contributed by atoms with Crippen LogP contribution >= 0.6 is 22.9 Å². The van der Waals surface area contributed by atoms with Crippen LogP contribution in [-0.4, -0.2) is 42.5 Å². The minimum atomic E-state index is -0.713. The van der Waals surface area contributed by atoms with Gasteiger partial charge in [0.25, 0.3) is 5.91 Å². The molecule has 1 fully saturated rings. The van der Waals surface area contributed by atoms with E-state index in [-0.39, 0.29) is 17.9 Å². The average molecular weight is 463 g/mol. The van der Waals surface area contributed by atoms with E-state index in [0.717, 1.165) is 31.2 Å². The largest absolute Gasteiger partial charge is 0.382 e. The van der Waals surface area contributed by atoms with Crippen LogP contribution < -0.4 is 5.32 Å². The van der Waals surface area contributed by atoms with Crippen LogP contribution in [0, 0.1) is 0 Å². The van der Waals surface area contributed by atoms with Crippen molar-refractivity contribution in [3.05, 3.63) is 57.2 Å². The number of carbonyl (C=O) groups is 2. The van der Waals surface area contributed by atoms with E-state index in [4.69, 9.17) is 16.3 Å². The highest BCUT2D eigenvalue weighted by atomic mass is 35.5. The highest BCUT2D eigenvalue weighted by Crippen LogP contribution is 2.28. The molecule has 0 saturated heterocycles. The second-order valence-corrected chi connectivity index (χ2v) is 9.21. The molecule has 2 amide bonds. The standard InChI is InChI=1S/C24H31ClN2O3S/c1-2-30-16-7-15-27(24(29)21-10-6-17-31-21)22(18-11-13-19(25)14-12-18)23(28)26-20-8-4-3-5-9-20/h6,10-14,17,20,22H,2-5,7-9,15-16H2,1H3,(H,26,28). The highest BCUT2D eigenvalue weighted by molar-refractivity contribution is 7.12. The number of nitrogens with one attached hydrogen (secondary N) is 1. The zero-order valence-corrected chi connectivity index (χ0v) is 19.6. The molecule has 5 nitrogen and oxygen atoms in total. The maximum Gasteiger partial charge on any atom is 0.264 e. The molecule has 1 unspecified atom stereocenters. The number of hydrogen-bond acceptors (Lipinski definition) is 4. The zero-order chi connectivity index (χ0) is 22.1. The van der Waals surface area contributed by atoms with Gasteiger partial charge in [0, 0.05) is 30.8 Å². The van der Waals surface area contributed by atoms with E-state index in [1.54, 1.807) is 23.1 Å². The number of amides is 2. The van der Waals surface area contributed by atoms with Gasteiger partial charge in [-0.05, 0) is 55.3 Å². The summed E-state index contributed by atoms with van der Waals surface area (Å²) in [6.07, 6.45) is 6.11. The van der Waals surface area contributed by atoms with Crippen molar-refractivity contribution in [2.75, 3.05) is 19.8 Å². The fourth-order valence-corrected chi connectivity index (χ4v) is 4.82. The van der Waals surface area contributed by atoms with Crippen LogP contribution in [0.15, 0.2) is 41.8 Å². The van der Waals surface area contributed by atoms with Crippen molar-refractivity contribution in [1.29, 1.82) is 0 Å². The lowest BCUT2D eigenvalue weighted by atomic mass is 9.94. The molecule has 0 bridgehead atoms. The van der Waals surface area contributed by atoms with Gasteiger partial charge in [-0.1, -0.05) is 49.1 Å².